The summed E-state index contributed by atoms with van der Waals surface area (Å²) in [6, 6.07) is 10.2. The van der Waals surface area contributed by atoms with Gasteiger partial charge in [-0.3, -0.25) is 24.8 Å². The van der Waals surface area contributed by atoms with Crippen LogP contribution in [0.5, 0.6) is 0 Å². The Morgan fingerprint density at radius 2 is 1.54 bits per heavy atom. The summed E-state index contributed by atoms with van der Waals surface area (Å²) in [5.74, 6) is 0.380. The lowest BCUT2D eigenvalue weighted by molar-refractivity contribution is -0.120. The van der Waals surface area contributed by atoms with Gasteiger partial charge in [0.05, 0.1) is 11.7 Å². The van der Waals surface area contributed by atoms with Crippen molar-refractivity contribution in [1.82, 2.24) is 44.6 Å². The standard InChI is InChI=1S/C35H37F2N11O2/c1-21(2)48-22(3)41-33-26(36)14-25(15-28(33)48)32-27(37)18-40-34(44-32)42-29-6-4-23(16-38-29)19-45-10-12-46(13-11-45)20-24-5-7-30(39-17-24)47-9-8-31(49)43-35(47)50/h4-7,14-18,21H,8-13,19-20H2,1-3H3,(H,43,49,50)(H,38,40,42,44). The number of aromatic nitrogens is 6. The van der Waals surface area contributed by atoms with Crippen molar-refractivity contribution in [3.63, 3.8) is 0 Å². The number of benzene rings is 1. The molecule has 0 saturated carbocycles. The minimum atomic E-state index is -0.664. The second-order valence-corrected chi connectivity index (χ2v) is 12.8. The molecule has 0 bridgehead atoms. The van der Waals surface area contributed by atoms with E-state index in [1.165, 1.54) is 11.0 Å². The monoisotopic (exact) mass is 681 g/mol. The Morgan fingerprint density at radius 1 is 0.840 bits per heavy atom. The summed E-state index contributed by atoms with van der Waals surface area (Å²) < 4.78 is 31.9. The molecule has 0 spiro atoms. The number of anilines is 3. The number of carbonyl (C=O) groups excluding carboxylic acids is 2. The molecule has 0 atom stereocenters. The smallest absolute Gasteiger partial charge is 0.326 e. The highest BCUT2D eigenvalue weighted by atomic mass is 19.1. The lowest BCUT2D eigenvalue weighted by Gasteiger charge is -2.34. The molecule has 0 unspecified atom stereocenters. The van der Waals surface area contributed by atoms with Crippen molar-refractivity contribution < 1.29 is 18.4 Å². The third-order valence-electron chi connectivity index (χ3n) is 8.94. The van der Waals surface area contributed by atoms with Gasteiger partial charge in [-0.15, -0.1) is 0 Å². The van der Waals surface area contributed by atoms with Gasteiger partial charge in [-0.2, -0.15) is 0 Å². The number of piperazine rings is 1. The molecule has 0 radical (unpaired) electrons. The van der Waals surface area contributed by atoms with Gasteiger partial charge in [0.15, 0.2) is 11.6 Å². The van der Waals surface area contributed by atoms with Crippen molar-refractivity contribution in [2.75, 3.05) is 42.9 Å². The molecule has 2 fully saturated rings. The van der Waals surface area contributed by atoms with Crippen molar-refractivity contribution in [1.29, 1.82) is 0 Å². The first-order valence-corrected chi connectivity index (χ1v) is 16.5. The molecule has 6 heterocycles. The first-order chi connectivity index (χ1) is 24.1. The Balaban J connectivity index is 0.934. The minimum Gasteiger partial charge on any atom is -0.326 e. The molecule has 2 aliphatic heterocycles. The lowest BCUT2D eigenvalue weighted by atomic mass is 10.1. The normalized spacial score (nSPS) is 16.0. The van der Waals surface area contributed by atoms with Gasteiger partial charge >= 0.3 is 6.03 Å². The highest BCUT2D eigenvalue weighted by molar-refractivity contribution is 6.05. The summed E-state index contributed by atoms with van der Waals surface area (Å²) in [6.07, 6.45) is 4.91. The van der Waals surface area contributed by atoms with Crippen LogP contribution in [0.4, 0.5) is 31.2 Å². The number of pyridine rings is 2. The van der Waals surface area contributed by atoms with E-state index in [1.807, 2.05) is 49.6 Å². The molecule has 7 rings (SSSR count). The van der Waals surface area contributed by atoms with Crippen molar-refractivity contribution in [2.45, 2.75) is 46.3 Å². The van der Waals surface area contributed by atoms with Crippen molar-refractivity contribution >= 4 is 40.6 Å². The molecule has 3 amide bonds. The van der Waals surface area contributed by atoms with Gasteiger partial charge in [0.2, 0.25) is 11.9 Å². The number of imidazole rings is 1. The van der Waals surface area contributed by atoms with Crippen LogP contribution in [0.1, 0.15) is 43.3 Å². The summed E-state index contributed by atoms with van der Waals surface area (Å²) in [4.78, 5) is 51.5. The zero-order valence-electron chi connectivity index (χ0n) is 28.0. The number of carbonyl (C=O) groups is 2. The number of nitrogens with one attached hydrogen (secondary N) is 2. The topological polar surface area (TPSA) is 137 Å². The molecular weight excluding hydrogens is 644 g/mol. The molecule has 5 aromatic rings. The molecule has 1 aromatic carbocycles. The average molecular weight is 682 g/mol. The third kappa shape index (κ3) is 7.00. The largest absolute Gasteiger partial charge is 0.329 e. The van der Waals surface area contributed by atoms with Gasteiger partial charge in [0.1, 0.15) is 28.7 Å². The van der Waals surface area contributed by atoms with Crippen LogP contribution in [0.15, 0.2) is 55.0 Å². The fourth-order valence-corrected chi connectivity index (χ4v) is 6.47. The van der Waals surface area contributed by atoms with Crippen molar-refractivity contribution in [2.24, 2.45) is 0 Å². The third-order valence-corrected chi connectivity index (χ3v) is 8.94. The Hall–Kier alpha value is -5.41. The second-order valence-electron chi connectivity index (χ2n) is 12.8. The molecule has 258 valence electrons. The summed E-state index contributed by atoms with van der Waals surface area (Å²) in [7, 11) is 0. The Morgan fingerprint density at radius 3 is 2.16 bits per heavy atom. The molecule has 2 N–H and O–H groups in total. The van der Waals surface area contributed by atoms with Gasteiger partial charge in [0.25, 0.3) is 0 Å². The first kappa shape index (κ1) is 33.1. The predicted molar refractivity (Wildman–Crippen MR) is 184 cm³/mol. The summed E-state index contributed by atoms with van der Waals surface area (Å²) >= 11 is 0. The number of rotatable bonds is 9. The van der Waals surface area contributed by atoms with Gasteiger partial charge in [-0.1, -0.05) is 12.1 Å². The summed E-state index contributed by atoms with van der Waals surface area (Å²) in [5, 5.41) is 5.36. The SMILES string of the molecule is Cc1nc2c(F)cc(-c3nc(Nc4ccc(CN5CCN(Cc6ccc(N7CCC(=O)NC7=O)nc6)CC5)cn4)ncc3F)cc2n1C(C)C. The molecule has 15 heteroatoms. The van der Waals surface area contributed by atoms with Crippen molar-refractivity contribution in [3.05, 3.63) is 83.6 Å². The predicted octanol–water partition coefficient (Wildman–Crippen LogP) is 4.96. The average Bonchev–Trinajstić information content (AvgIpc) is 3.44. The molecule has 4 aromatic heterocycles. The Kier molecular flexibility index (Phi) is 9.16. The van der Waals surface area contributed by atoms with Gasteiger partial charge in [-0.25, -0.2) is 38.5 Å². The summed E-state index contributed by atoms with van der Waals surface area (Å²) in [6.45, 7) is 11.2. The van der Waals surface area contributed by atoms with E-state index in [0.717, 1.165) is 56.6 Å². The van der Waals surface area contributed by atoms with Crippen LogP contribution in [0.3, 0.4) is 0 Å². The van der Waals surface area contributed by atoms with Gasteiger partial charge in [0, 0.05) is 76.2 Å². The number of nitrogens with zero attached hydrogens (tertiary/aromatic N) is 9. The van der Waals surface area contributed by atoms with Crippen LogP contribution >= 0.6 is 0 Å². The van der Waals surface area contributed by atoms with Crippen LogP contribution in [-0.2, 0) is 17.9 Å². The van der Waals surface area contributed by atoms with E-state index in [1.54, 1.807) is 18.5 Å². The number of hydrogen-bond acceptors (Lipinski definition) is 10. The number of aryl methyl sites for hydroxylation is 1. The number of halogens is 2. The lowest BCUT2D eigenvalue weighted by Crippen LogP contribution is -2.49. The van der Waals surface area contributed by atoms with E-state index in [9.17, 15) is 14.0 Å². The zero-order chi connectivity index (χ0) is 34.9. The molecule has 13 nitrogen and oxygen atoms in total. The fourth-order valence-electron chi connectivity index (χ4n) is 6.47. The summed E-state index contributed by atoms with van der Waals surface area (Å²) in [5.41, 5.74) is 3.20. The number of hydrogen-bond donors (Lipinski definition) is 2. The van der Waals surface area contributed by atoms with E-state index >= 15 is 4.39 Å². The van der Waals surface area contributed by atoms with Crippen LogP contribution < -0.4 is 15.5 Å². The Bertz CT molecular complexity index is 2040. The minimum absolute atomic E-state index is 0.0215. The second kappa shape index (κ2) is 13.8. The molecule has 2 saturated heterocycles. The number of amides is 3. The van der Waals surface area contributed by atoms with E-state index in [4.69, 9.17) is 0 Å². The van der Waals surface area contributed by atoms with E-state index in [2.05, 4.69) is 45.4 Å². The highest BCUT2D eigenvalue weighted by Gasteiger charge is 2.25. The van der Waals surface area contributed by atoms with E-state index < -0.39 is 17.7 Å². The maximum atomic E-state index is 15.1. The number of urea groups is 1. The fraction of sp³-hybridized carbons (Fsp3) is 0.343. The van der Waals surface area contributed by atoms with Crippen LogP contribution in [0.2, 0.25) is 0 Å². The van der Waals surface area contributed by atoms with Gasteiger partial charge in [-0.05, 0) is 56.2 Å². The maximum absolute atomic E-state index is 15.1. The quantitative estimate of drug-likeness (QED) is 0.220. The Labute approximate surface area is 287 Å². The number of fused-ring (bicyclic) bond motifs is 1. The molecule has 50 heavy (non-hydrogen) atoms. The van der Waals surface area contributed by atoms with Crippen LogP contribution in [0.25, 0.3) is 22.3 Å². The van der Waals surface area contributed by atoms with E-state index in [0.29, 0.717) is 35.1 Å². The zero-order valence-corrected chi connectivity index (χ0v) is 28.0. The number of imide groups is 1. The van der Waals surface area contributed by atoms with Crippen LogP contribution in [-0.4, -0.2) is 83.9 Å². The highest BCUT2D eigenvalue weighted by Crippen LogP contribution is 2.30. The maximum Gasteiger partial charge on any atom is 0.329 e. The van der Waals surface area contributed by atoms with E-state index in [-0.39, 0.29) is 35.5 Å². The van der Waals surface area contributed by atoms with Crippen LogP contribution in [0, 0.1) is 18.6 Å². The molecular formula is C35H37F2N11O2. The van der Waals surface area contributed by atoms with Gasteiger partial charge < -0.3 is 9.88 Å². The molecule has 2 aliphatic rings. The van der Waals surface area contributed by atoms with Crippen molar-refractivity contribution in [3.8, 4) is 11.3 Å². The first-order valence-electron chi connectivity index (χ1n) is 16.5. The molecule has 0 aliphatic carbocycles.